The molecule has 2 rings (SSSR count). The van der Waals surface area contributed by atoms with Crippen LogP contribution in [-0.2, 0) is 10.0 Å². The van der Waals surface area contributed by atoms with Crippen molar-refractivity contribution in [3.63, 3.8) is 0 Å². The molecule has 0 unspecified atom stereocenters. The third-order valence-corrected chi connectivity index (χ3v) is 5.57. The fourth-order valence-electron chi connectivity index (χ4n) is 2.51. The van der Waals surface area contributed by atoms with E-state index < -0.39 is 10.0 Å². The monoisotopic (exact) mass is 360 g/mol. The molecule has 112 valence electrons. The number of nitrogens with one attached hydrogen (secondary N) is 1. The fraction of sp³-hybridized carbons (Fsp3) is 0.571. The lowest BCUT2D eigenvalue weighted by atomic mass is 10.1. The molecule has 1 heterocycles. The van der Waals surface area contributed by atoms with Crippen LogP contribution in [0, 0.1) is 0 Å². The van der Waals surface area contributed by atoms with Gasteiger partial charge in [-0.15, -0.1) is 0 Å². The van der Waals surface area contributed by atoms with Crippen molar-refractivity contribution < 1.29 is 8.42 Å². The summed E-state index contributed by atoms with van der Waals surface area (Å²) in [5, 5.41) is 0. The number of halogens is 1. The molecule has 1 N–H and O–H groups in total. The summed E-state index contributed by atoms with van der Waals surface area (Å²) in [5.74, 6) is 0. The van der Waals surface area contributed by atoms with E-state index in [4.69, 9.17) is 0 Å². The van der Waals surface area contributed by atoms with Crippen LogP contribution in [0.5, 0.6) is 0 Å². The highest BCUT2D eigenvalue weighted by Gasteiger charge is 2.24. The van der Waals surface area contributed by atoms with Gasteiger partial charge in [0.05, 0.1) is 4.90 Å². The summed E-state index contributed by atoms with van der Waals surface area (Å²) in [4.78, 5) is 2.71. The topological polar surface area (TPSA) is 49.4 Å². The molecule has 0 bridgehead atoms. The van der Waals surface area contributed by atoms with Gasteiger partial charge in [-0.1, -0.05) is 28.9 Å². The van der Waals surface area contributed by atoms with Crippen molar-refractivity contribution in [2.24, 2.45) is 0 Å². The van der Waals surface area contributed by atoms with Gasteiger partial charge in [0.1, 0.15) is 0 Å². The van der Waals surface area contributed by atoms with Crippen LogP contribution in [0.3, 0.4) is 0 Å². The molecule has 6 heteroatoms. The summed E-state index contributed by atoms with van der Waals surface area (Å²) in [6, 6.07) is 6.87. The molecule has 1 fully saturated rings. The number of piperidine rings is 1. The lowest BCUT2D eigenvalue weighted by molar-refractivity contribution is 0.208. The Balaban J connectivity index is 1.96. The molecule has 0 aliphatic carbocycles. The molecule has 1 aromatic rings. The molecule has 1 aliphatic rings. The molecule has 1 aliphatic heterocycles. The van der Waals surface area contributed by atoms with Crippen LogP contribution < -0.4 is 4.72 Å². The summed E-state index contributed by atoms with van der Waals surface area (Å²) in [6.45, 7) is 5.21. The fourth-order valence-corrected chi connectivity index (χ4v) is 4.41. The lowest BCUT2D eigenvalue weighted by Gasteiger charge is -2.31. The Labute approximate surface area is 129 Å². The maximum atomic E-state index is 12.3. The largest absolute Gasteiger partial charge is 0.303 e. The molecule has 0 atom stereocenters. The van der Waals surface area contributed by atoms with E-state index in [9.17, 15) is 8.42 Å². The highest BCUT2D eigenvalue weighted by Crippen LogP contribution is 2.18. The van der Waals surface area contributed by atoms with Gasteiger partial charge in [-0.25, -0.2) is 13.1 Å². The zero-order valence-corrected chi connectivity index (χ0v) is 14.1. The smallest absolute Gasteiger partial charge is 0.240 e. The van der Waals surface area contributed by atoms with Gasteiger partial charge in [0, 0.05) is 10.5 Å². The third-order valence-electron chi connectivity index (χ3n) is 3.56. The number of benzene rings is 1. The van der Waals surface area contributed by atoms with E-state index in [2.05, 4.69) is 32.5 Å². The highest BCUT2D eigenvalue weighted by atomic mass is 79.9. The Kier molecular flexibility index (Phi) is 5.60. The molecule has 20 heavy (non-hydrogen) atoms. The Hall–Kier alpha value is -0.430. The van der Waals surface area contributed by atoms with Gasteiger partial charge in [-0.3, -0.25) is 0 Å². The standard InChI is InChI=1S/C14H21BrN2O2S/c1-2-8-17-9-6-13(7-10-17)16-20(18,19)14-5-3-4-12(15)11-14/h3-5,11,13,16H,2,6-10H2,1H3. The lowest BCUT2D eigenvalue weighted by Crippen LogP contribution is -2.44. The Morgan fingerprint density at radius 3 is 2.65 bits per heavy atom. The zero-order valence-electron chi connectivity index (χ0n) is 11.7. The third kappa shape index (κ3) is 4.28. The molecule has 0 amide bonds. The second-order valence-corrected chi connectivity index (χ2v) is 7.82. The van der Waals surface area contributed by atoms with E-state index in [1.54, 1.807) is 18.2 Å². The highest BCUT2D eigenvalue weighted by molar-refractivity contribution is 9.10. The molecule has 1 saturated heterocycles. The van der Waals surface area contributed by atoms with E-state index in [-0.39, 0.29) is 6.04 Å². The second kappa shape index (κ2) is 7.02. The first-order valence-electron chi connectivity index (χ1n) is 7.01. The number of rotatable bonds is 5. The van der Waals surface area contributed by atoms with Crippen LogP contribution in [0.25, 0.3) is 0 Å². The maximum absolute atomic E-state index is 12.3. The predicted molar refractivity (Wildman–Crippen MR) is 84.2 cm³/mol. The zero-order chi connectivity index (χ0) is 14.6. The number of sulfonamides is 1. The Bertz CT molecular complexity index is 540. The van der Waals surface area contributed by atoms with Crippen molar-refractivity contribution >= 4 is 26.0 Å². The van der Waals surface area contributed by atoms with Gasteiger partial charge < -0.3 is 4.90 Å². The first kappa shape index (κ1) is 15.9. The van der Waals surface area contributed by atoms with Crippen LogP contribution >= 0.6 is 15.9 Å². The number of hydrogen-bond donors (Lipinski definition) is 1. The number of likely N-dealkylation sites (tertiary alicyclic amines) is 1. The number of nitrogens with zero attached hydrogens (tertiary/aromatic N) is 1. The van der Waals surface area contributed by atoms with E-state index in [0.29, 0.717) is 4.90 Å². The molecule has 0 aromatic heterocycles. The normalized spacial score (nSPS) is 18.3. The van der Waals surface area contributed by atoms with Gasteiger partial charge in [0.15, 0.2) is 0 Å². The van der Waals surface area contributed by atoms with Gasteiger partial charge in [0.25, 0.3) is 0 Å². The first-order valence-corrected chi connectivity index (χ1v) is 9.29. The molecular formula is C14H21BrN2O2S. The average Bonchev–Trinajstić information content (AvgIpc) is 2.41. The summed E-state index contributed by atoms with van der Waals surface area (Å²) < 4.78 is 28.2. The quantitative estimate of drug-likeness (QED) is 0.877. The molecule has 0 spiro atoms. The summed E-state index contributed by atoms with van der Waals surface area (Å²) in [5.41, 5.74) is 0. The van der Waals surface area contributed by atoms with E-state index in [1.165, 1.54) is 0 Å². The van der Waals surface area contributed by atoms with Gasteiger partial charge >= 0.3 is 0 Å². The van der Waals surface area contributed by atoms with Crippen molar-refractivity contribution in [1.29, 1.82) is 0 Å². The Morgan fingerprint density at radius 1 is 1.35 bits per heavy atom. The second-order valence-electron chi connectivity index (χ2n) is 5.19. The number of hydrogen-bond acceptors (Lipinski definition) is 3. The van der Waals surface area contributed by atoms with E-state index >= 15 is 0 Å². The van der Waals surface area contributed by atoms with Crippen LogP contribution in [0.1, 0.15) is 26.2 Å². The van der Waals surface area contributed by atoms with Crippen LogP contribution in [0.4, 0.5) is 0 Å². The molecule has 0 radical (unpaired) electrons. The molecule has 0 saturated carbocycles. The van der Waals surface area contributed by atoms with E-state index in [0.717, 1.165) is 43.4 Å². The van der Waals surface area contributed by atoms with Crippen molar-refractivity contribution in [2.45, 2.75) is 37.1 Å². The van der Waals surface area contributed by atoms with Crippen LogP contribution in [0.15, 0.2) is 33.6 Å². The summed E-state index contributed by atoms with van der Waals surface area (Å²) in [7, 11) is -3.41. The minimum absolute atomic E-state index is 0.0482. The first-order chi connectivity index (χ1) is 9.51. The molecule has 1 aromatic carbocycles. The van der Waals surface area contributed by atoms with Crippen molar-refractivity contribution in [3.8, 4) is 0 Å². The van der Waals surface area contributed by atoms with Crippen LogP contribution in [0.2, 0.25) is 0 Å². The van der Waals surface area contributed by atoms with Gasteiger partial charge in [-0.2, -0.15) is 0 Å². The minimum atomic E-state index is -3.41. The van der Waals surface area contributed by atoms with Gasteiger partial charge in [-0.05, 0) is 57.1 Å². The molecular weight excluding hydrogens is 340 g/mol. The molecule has 4 nitrogen and oxygen atoms in total. The maximum Gasteiger partial charge on any atom is 0.240 e. The Morgan fingerprint density at radius 2 is 2.05 bits per heavy atom. The van der Waals surface area contributed by atoms with Crippen molar-refractivity contribution in [2.75, 3.05) is 19.6 Å². The SMILES string of the molecule is CCCN1CCC(NS(=O)(=O)c2cccc(Br)c2)CC1. The van der Waals surface area contributed by atoms with Crippen molar-refractivity contribution in [1.82, 2.24) is 9.62 Å². The predicted octanol–water partition coefficient (Wildman–Crippen LogP) is 2.60. The average molecular weight is 361 g/mol. The van der Waals surface area contributed by atoms with E-state index in [1.807, 2.05) is 6.07 Å². The summed E-state index contributed by atoms with van der Waals surface area (Å²) in [6.07, 6.45) is 2.91. The van der Waals surface area contributed by atoms with Crippen LogP contribution in [-0.4, -0.2) is 39.0 Å². The summed E-state index contributed by atoms with van der Waals surface area (Å²) >= 11 is 3.31. The van der Waals surface area contributed by atoms with Gasteiger partial charge in [0.2, 0.25) is 10.0 Å². The minimum Gasteiger partial charge on any atom is -0.303 e. The van der Waals surface area contributed by atoms with Crippen molar-refractivity contribution in [3.05, 3.63) is 28.7 Å².